The van der Waals surface area contributed by atoms with Gasteiger partial charge in [0.1, 0.15) is 6.61 Å². The van der Waals surface area contributed by atoms with Gasteiger partial charge in [0.2, 0.25) is 17.8 Å². The maximum absolute atomic E-state index is 10.9. The van der Waals surface area contributed by atoms with Crippen LogP contribution >= 0.6 is 0 Å². The Morgan fingerprint density at radius 1 is 0.900 bits per heavy atom. The van der Waals surface area contributed by atoms with Crippen LogP contribution in [0.1, 0.15) is 49.7 Å². The topological polar surface area (TPSA) is 131 Å². The molecule has 2 aromatic carbocycles. The van der Waals surface area contributed by atoms with E-state index >= 15 is 0 Å². The smallest absolute Gasteiger partial charge is 0.269 e. The first kappa shape index (κ1) is 27.1. The van der Waals surface area contributed by atoms with Gasteiger partial charge in [0.15, 0.2) is 11.5 Å². The molecule has 0 saturated carbocycles. The molecule has 0 unspecified atom stereocenters. The lowest BCUT2D eigenvalue weighted by Crippen LogP contribution is -2.34. The van der Waals surface area contributed by atoms with Gasteiger partial charge in [-0.2, -0.15) is 20.1 Å². The molecule has 2 fully saturated rings. The average molecular weight is 547 g/mol. The summed E-state index contributed by atoms with van der Waals surface area (Å²) >= 11 is 0. The molecular formula is C28H34N8O4. The second-order valence-electron chi connectivity index (χ2n) is 9.85. The molecule has 0 radical (unpaired) electrons. The van der Waals surface area contributed by atoms with Gasteiger partial charge in [0.25, 0.3) is 5.69 Å². The van der Waals surface area contributed by atoms with Gasteiger partial charge >= 0.3 is 0 Å². The molecule has 0 aliphatic carbocycles. The van der Waals surface area contributed by atoms with E-state index in [9.17, 15) is 10.1 Å². The predicted molar refractivity (Wildman–Crippen MR) is 154 cm³/mol. The Hall–Kier alpha value is -4.48. The quantitative estimate of drug-likeness (QED) is 0.215. The number of hydrazone groups is 1. The highest BCUT2D eigenvalue weighted by Crippen LogP contribution is 2.29. The minimum absolute atomic E-state index is 0.0428. The first-order valence-corrected chi connectivity index (χ1v) is 13.7. The Kier molecular flexibility index (Phi) is 8.84. The minimum Gasteiger partial charge on any atom is -0.493 e. The molecule has 0 bridgehead atoms. The highest BCUT2D eigenvalue weighted by molar-refractivity contribution is 5.81. The van der Waals surface area contributed by atoms with Crippen molar-refractivity contribution in [2.24, 2.45) is 5.10 Å². The number of nitrogens with zero attached hydrogens (tertiary/aromatic N) is 7. The number of rotatable bonds is 10. The number of nitro benzene ring substituents is 1. The van der Waals surface area contributed by atoms with Crippen molar-refractivity contribution < 1.29 is 14.4 Å². The number of hydrogen-bond acceptors (Lipinski definition) is 11. The molecule has 40 heavy (non-hydrogen) atoms. The molecule has 5 rings (SSSR count). The number of aromatic nitrogens is 3. The summed E-state index contributed by atoms with van der Waals surface area (Å²) in [6.45, 7) is 4.05. The number of hydrogen-bond donors (Lipinski definition) is 1. The van der Waals surface area contributed by atoms with Gasteiger partial charge in [-0.15, -0.1) is 0 Å². The molecule has 3 aromatic rings. The van der Waals surface area contributed by atoms with Crippen molar-refractivity contribution in [1.29, 1.82) is 0 Å². The van der Waals surface area contributed by atoms with E-state index in [1.165, 1.54) is 25.0 Å². The lowest BCUT2D eigenvalue weighted by Gasteiger charge is -2.30. The van der Waals surface area contributed by atoms with Gasteiger partial charge < -0.3 is 19.3 Å². The third kappa shape index (κ3) is 6.93. The van der Waals surface area contributed by atoms with E-state index in [1.807, 2.05) is 12.1 Å². The summed E-state index contributed by atoms with van der Waals surface area (Å²) in [5.74, 6) is 2.92. The first-order valence-electron chi connectivity index (χ1n) is 13.7. The van der Waals surface area contributed by atoms with Crippen LogP contribution in [-0.4, -0.2) is 59.4 Å². The number of anilines is 3. The maximum atomic E-state index is 10.9. The molecule has 1 aromatic heterocycles. The van der Waals surface area contributed by atoms with E-state index in [0.29, 0.717) is 29.3 Å². The van der Waals surface area contributed by atoms with Crippen molar-refractivity contribution in [2.45, 2.75) is 45.1 Å². The summed E-state index contributed by atoms with van der Waals surface area (Å²) in [5, 5.41) is 15.2. The van der Waals surface area contributed by atoms with Crippen molar-refractivity contribution >= 4 is 29.7 Å². The lowest BCUT2D eigenvalue weighted by molar-refractivity contribution is -0.384. The summed E-state index contributed by atoms with van der Waals surface area (Å²) in [4.78, 5) is 29.0. The number of ether oxygens (including phenoxy) is 2. The second kappa shape index (κ2) is 13.0. The summed E-state index contributed by atoms with van der Waals surface area (Å²) < 4.78 is 11.4. The summed E-state index contributed by atoms with van der Waals surface area (Å²) in [7, 11) is 1.57. The highest BCUT2D eigenvalue weighted by atomic mass is 16.6. The van der Waals surface area contributed by atoms with Gasteiger partial charge in [-0.05, 0) is 80.0 Å². The molecule has 0 amide bonds. The van der Waals surface area contributed by atoms with Crippen LogP contribution in [0, 0.1) is 10.1 Å². The van der Waals surface area contributed by atoms with Gasteiger partial charge in [0.05, 0.1) is 18.2 Å². The third-order valence-corrected chi connectivity index (χ3v) is 7.00. The zero-order valence-corrected chi connectivity index (χ0v) is 22.7. The van der Waals surface area contributed by atoms with Crippen molar-refractivity contribution in [1.82, 2.24) is 15.0 Å². The average Bonchev–Trinajstić information content (AvgIpc) is 3.01. The van der Waals surface area contributed by atoms with Crippen LogP contribution < -0.4 is 24.7 Å². The highest BCUT2D eigenvalue weighted by Gasteiger charge is 2.20. The fourth-order valence-corrected chi connectivity index (χ4v) is 4.80. The van der Waals surface area contributed by atoms with E-state index in [4.69, 9.17) is 14.5 Å². The van der Waals surface area contributed by atoms with Crippen molar-refractivity contribution in [3.63, 3.8) is 0 Å². The molecule has 3 heterocycles. The van der Waals surface area contributed by atoms with Crippen LogP contribution in [0.25, 0.3) is 0 Å². The summed E-state index contributed by atoms with van der Waals surface area (Å²) in [5.41, 5.74) is 4.65. The number of benzene rings is 2. The van der Waals surface area contributed by atoms with E-state index in [2.05, 4.69) is 30.3 Å². The zero-order chi connectivity index (χ0) is 27.7. The first-order chi connectivity index (χ1) is 19.6. The number of nitrogens with one attached hydrogen (secondary N) is 1. The Morgan fingerprint density at radius 2 is 1.52 bits per heavy atom. The van der Waals surface area contributed by atoms with Crippen molar-refractivity contribution in [2.75, 3.05) is 48.5 Å². The SMILES string of the molecule is COc1cc(C=NNc2nc(N3CCCCC3)nc(N3CCCCC3)n2)ccc1OCc1ccc([N+](=O)[O-])cc1. The summed E-state index contributed by atoms with van der Waals surface area (Å²) in [6, 6.07) is 11.8. The van der Waals surface area contributed by atoms with Crippen LogP contribution in [0.5, 0.6) is 11.5 Å². The Balaban J connectivity index is 1.26. The Labute approximate surface area is 233 Å². The van der Waals surface area contributed by atoms with Crippen LogP contribution in [0.4, 0.5) is 23.5 Å². The van der Waals surface area contributed by atoms with Gasteiger partial charge in [-0.25, -0.2) is 5.43 Å². The normalized spacial score (nSPS) is 15.7. The largest absolute Gasteiger partial charge is 0.493 e. The number of nitro groups is 1. The molecule has 210 valence electrons. The fourth-order valence-electron chi connectivity index (χ4n) is 4.80. The van der Waals surface area contributed by atoms with Crippen molar-refractivity contribution in [3.8, 4) is 11.5 Å². The van der Waals surface area contributed by atoms with Crippen molar-refractivity contribution in [3.05, 3.63) is 63.7 Å². The van der Waals surface area contributed by atoms with E-state index in [-0.39, 0.29) is 12.3 Å². The van der Waals surface area contributed by atoms with E-state index < -0.39 is 4.92 Å². The number of non-ortho nitro benzene ring substituents is 1. The molecule has 12 heteroatoms. The summed E-state index contributed by atoms with van der Waals surface area (Å²) in [6.07, 6.45) is 8.71. The molecule has 1 N–H and O–H groups in total. The number of methoxy groups -OCH3 is 1. The monoisotopic (exact) mass is 546 g/mol. The van der Waals surface area contributed by atoms with Gasteiger partial charge in [-0.3, -0.25) is 10.1 Å². The molecule has 0 spiro atoms. The van der Waals surface area contributed by atoms with E-state index in [1.54, 1.807) is 31.5 Å². The molecule has 2 aliphatic heterocycles. The van der Waals surface area contributed by atoms with Crippen LogP contribution in [0.2, 0.25) is 0 Å². The zero-order valence-electron chi connectivity index (χ0n) is 22.7. The Bertz CT molecular complexity index is 1290. The molecule has 0 atom stereocenters. The molecule has 12 nitrogen and oxygen atoms in total. The fraction of sp³-hybridized carbons (Fsp3) is 0.429. The molecule has 2 aliphatic rings. The Morgan fingerprint density at radius 3 is 2.10 bits per heavy atom. The maximum Gasteiger partial charge on any atom is 0.269 e. The third-order valence-electron chi connectivity index (χ3n) is 7.00. The van der Waals surface area contributed by atoms with Crippen LogP contribution in [0.3, 0.4) is 0 Å². The van der Waals surface area contributed by atoms with Crippen LogP contribution in [-0.2, 0) is 6.61 Å². The van der Waals surface area contributed by atoms with Crippen LogP contribution in [0.15, 0.2) is 47.6 Å². The second-order valence-corrected chi connectivity index (χ2v) is 9.85. The lowest BCUT2D eigenvalue weighted by atomic mass is 10.1. The predicted octanol–water partition coefficient (Wildman–Crippen LogP) is 4.79. The van der Waals surface area contributed by atoms with E-state index in [0.717, 1.165) is 63.0 Å². The molecule has 2 saturated heterocycles. The molecular weight excluding hydrogens is 512 g/mol. The number of piperidine rings is 2. The standard InChI is InChI=1S/C28H34N8O4/c1-39-25-18-22(10-13-24(25)40-20-21-8-11-23(12-9-21)36(37)38)19-29-33-26-30-27(34-14-4-2-5-15-34)32-28(31-26)35-16-6-3-7-17-35/h8-13,18-19H,2-7,14-17,20H2,1H3,(H,30,31,32,33). The van der Waals surface area contributed by atoms with Gasteiger partial charge in [0, 0.05) is 38.3 Å². The van der Waals surface area contributed by atoms with Gasteiger partial charge in [-0.1, -0.05) is 0 Å². The minimum atomic E-state index is -0.426.